The summed E-state index contributed by atoms with van der Waals surface area (Å²) in [5.41, 5.74) is 5.57. The standard InChI is InChI=1S/C37H47BN2O6/c1-3-8-25(19-27-11-7-12-30(41)20-27)13-14-33-34-28(24-45-2)21-31-35(32(34)22-38(44)46-33)37(43)40(36(31)42)29-15-17-39(18-16-29)23-26-9-5-4-6-10-26/h4-7,9-12,19-20,29,31-33,35,41,44H,3,8,13-18,21-24H2,1-2H3/b25-19+/t31-,32+,33-,35-/m1/s1. The largest absolute Gasteiger partial charge is 0.508 e. The lowest BCUT2D eigenvalue weighted by Crippen LogP contribution is -2.48. The molecule has 2 amide bonds. The summed E-state index contributed by atoms with van der Waals surface area (Å²) in [6, 6.07) is 17.6. The predicted molar refractivity (Wildman–Crippen MR) is 178 cm³/mol. The molecular weight excluding hydrogens is 579 g/mol. The first-order valence-corrected chi connectivity index (χ1v) is 17.0. The highest BCUT2D eigenvalue weighted by Crippen LogP contribution is 2.51. The molecule has 2 aromatic carbocycles. The third kappa shape index (κ3) is 7.03. The molecular formula is C37H47BN2O6. The van der Waals surface area contributed by atoms with Crippen LogP contribution in [-0.4, -0.2) is 77.8 Å². The van der Waals surface area contributed by atoms with Crippen LogP contribution in [0.2, 0.25) is 6.32 Å². The Morgan fingerprint density at radius 1 is 1.04 bits per heavy atom. The highest BCUT2D eigenvalue weighted by atomic mass is 16.5. The molecule has 0 spiro atoms. The second-order valence-corrected chi connectivity index (χ2v) is 13.5. The number of likely N-dealkylation sites (tertiary alicyclic amines) is 2. The van der Waals surface area contributed by atoms with Crippen molar-refractivity contribution < 1.29 is 29.1 Å². The minimum absolute atomic E-state index is 0.0547. The minimum Gasteiger partial charge on any atom is -0.508 e. The van der Waals surface area contributed by atoms with Crippen LogP contribution < -0.4 is 0 Å². The Hall–Kier alpha value is -3.24. The van der Waals surface area contributed by atoms with Crippen LogP contribution in [0.25, 0.3) is 6.08 Å². The molecule has 8 nitrogen and oxygen atoms in total. The fourth-order valence-electron chi connectivity index (χ4n) is 8.39. The van der Waals surface area contributed by atoms with Gasteiger partial charge in [0, 0.05) is 32.8 Å². The number of ether oxygens (including phenoxy) is 1. The number of phenols is 1. The third-order valence-electron chi connectivity index (χ3n) is 10.4. The van der Waals surface area contributed by atoms with E-state index in [4.69, 9.17) is 9.39 Å². The average molecular weight is 627 g/mol. The number of methoxy groups -OCH3 is 1. The molecule has 6 rings (SSSR count). The number of nitrogens with zero attached hydrogens (tertiary/aromatic N) is 2. The van der Waals surface area contributed by atoms with Gasteiger partial charge in [0.05, 0.1) is 24.5 Å². The van der Waals surface area contributed by atoms with Crippen molar-refractivity contribution in [1.29, 1.82) is 0 Å². The average Bonchev–Trinajstić information content (AvgIpc) is 3.29. The number of hydrogen-bond donors (Lipinski definition) is 2. The van der Waals surface area contributed by atoms with Crippen LogP contribution in [-0.2, 0) is 25.5 Å². The first kappa shape index (κ1) is 32.7. The van der Waals surface area contributed by atoms with Gasteiger partial charge in [-0.25, -0.2) is 0 Å². The topological polar surface area (TPSA) is 99.5 Å². The Kier molecular flexibility index (Phi) is 10.4. The van der Waals surface area contributed by atoms with E-state index in [1.54, 1.807) is 24.1 Å². The number of carbonyl (C=O) groups excluding carboxylic acids is 2. The normalized spacial score (nSPS) is 26.1. The highest BCUT2D eigenvalue weighted by molar-refractivity contribution is 6.43. The Bertz CT molecular complexity index is 1450. The van der Waals surface area contributed by atoms with Crippen LogP contribution in [0.3, 0.4) is 0 Å². The first-order chi connectivity index (χ1) is 22.4. The number of aromatic hydroxyl groups is 1. The molecule has 4 atom stereocenters. The molecule has 2 N–H and O–H groups in total. The SMILES string of the molecule is CCC/C(=C\c1cccc(O)c1)CC[C@H]1OB(O)C[C@H]2C1=C(COC)C[C@H]1C(=O)N(C3CCN(Cc4ccccc4)CC3)C(=O)[C@H]12. The molecule has 0 unspecified atom stereocenters. The number of fused-ring (bicyclic) bond motifs is 3. The van der Waals surface area contributed by atoms with Gasteiger partial charge in [-0.1, -0.05) is 67.5 Å². The molecule has 4 aliphatic rings. The Balaban J connectivity index is 1.19. The van der Waals surface area contributed by atoms with E-state index >= 15 is 0 Å². The zero-order chi connectivity index (χ0) is 32.2. The van der Waals surface area contributed by atoms with Gasteiger partial charge >= 0.3 is 7.12 Å². The van der Waals surface area contributed by atoms with Crippen molar-refractivity contribution in [3.05, 3.63) is 82.4 Å². The van der Waals surface area contributed by atoms with Gasteiger partial charge in [-0.15, -0.1) is 0 Å². The van der Waals surface area contributed by atoms with E-state index in [0.29, 0.717) is 25.8 Å². The quantitative estimate of drug-likeness (QED) is 0.194. The summed E-state index contributed by atoms with van der Waals surface area (Å²) < 4.78 is 11.9. The summed E-state index contributed by atoms with van der Waals surface area (Å²) in [6.45, 7) is 5.09. The van der Waals surface area contributed by atoms with Crippen LogP contribution >= 0.6 is 0 Å². The molecule has 2 aromatic rings. The molecule has 3 aliphatic heterocycles. The highest BCUT2D eigenvalue weighted by Gasteiger charge is 2.58. The number of benzene rings is 2. The Morgan fingerprint density at radius 2 is 1.83 bits per heavy atom. The molecule has 244 valence electrons. The number of amides is 2. The number of imide groups is 1. The lowest BCUT2D eigenvalue weighted by atomic mass is 9.58. The smallest absolute Gasteiger partial charge is 0.455 e. The molecule has 0 bridgehead atoms. The van der Waals surface area contributed by atoms with E-state index < -0.39 is 19.0 Å². The number of carbonyl (C=O) groups is 2. The Morgan fingerprint density at radius 3 is 2.54 bits per heavy atom. The van der Waals surface area contributed by atoms with Gasteiger partial charge in [-0.3, -0.25) is 19.4 Å². The number of piperidine rings is 1. The number of hydrogen-bond acceptors (Lipinski definition) is 7. The van der Waals surface area contributed by atoms with Crippen molar-refractivity contribution in [2.75, 3.05) is 26.8 Å². The van der Waals surface area contributed by atoms with Crippen LogP contribution in [0.15, 0.2) is 71.3 Å². The minimum atomic E-state index is -0.996. The maximum absolute atomic E-state index is 14.2. The van der Waals surface area contributed by atoms with E-state index in [-0.39, 0.29) is 35.6 Å². The van der Waals surface area contributed by atoms with Crippen molar-refractivity contribution in [2.45, 2.75) is 76.9 Å². The lowest BCUT2D eigenvalue weighted by Gasteiger charge is -2.43. The fraction of sp³-hybridized carbons (Fsp3) is 0.514. The molecule has 3 heterocycles. The molecule has 46 heavy (non-hydrogen) atoms. The van der Waals surface area contributed by atoms with Gasteiger partial charge in [0.2, 0.25) is 11.8 Å². The number of phenolic OH excluding ortho intramolecular Hbond substituents is 1. The van der Waals surface area contributed by atoms with E-state index in [1.807, 2.05) is 18.2 Å². The summed E-state index contributed by atoms with van der Waals surface area (Å²) in [6.07, 6.45) is 7.44. The van der Waals surface area contributed by atoms with Gasteiger partial charge in [0.1, 0.15) is 5.75 Å². The first-order valence-electron chi connectivity index (χ1n) is 17.0. The van der Waals surface area contributed by atoms with Crippen molar-refractivity contribution in [1.82, 2.24) is 9.80 Å². The molecule has 0 saturated carbocycles. The number of rotatable bonds is 11. The van der Waals surface area contributed by atoms with E-state index in [9.17, 15) is 19.7 Å². The summed E-state index contributed by atoms with van der Waals surface area (Å²) >= 11 is 0. The maximum atomic E-state index is 14.2. The lowest BCUT2D eigenvalue weighted by molar-refractivity contribution is -0.144. The second-order valence-electron chi connectivity index (χ2n) is 13.5. The Labute approximate surface area is 273 Å². The maximum Gasteiger partial charge on any atom is 0.455 e. The third-order valence-corrected chi connectivity index (χ3v) is 10.4. The number of allylic oxidation sites excluding steroid dienone is 1. The fourth-order valence-corrected chi connectivity index (χ4v) is 8.39. The van der Waals surface area contributed by atoms with Gasteiger partial charge in [-0.2, -0.15) is 0 Å². The van der Waals surface area contributed by atoms with Crippen molar-refractivity contribution >= 4 is 25.0 Å². The zero-order valence-electron chi connectivity index (χ0n) is 27.1. The van der Waals surface area contributed by atoms with Crippen LogP contribution in [0.1, 0.15) is 63.0 Å². The van der Waals surface area contributed by atoms with E-state index in [2.05, 4.69) is 42.2 Å². The molecule has 3 fully saturated rings. The zero-order valence-corrected chi connectivity index (χ0v) is 27.1. The molecule has 9 heteroatoms. The van der Waals surface area contributed by atoms with E-state index in [1.165, 1.54) is 11.1 Å². The van der Waals surface area contributed by atoms with Gasteiger partial charge in [0.15, 0.2) is 0 Å². The van der Waals surface area contributed by atoms with Crippen LogP contribution in [0.5, 0.6) is 5.75 Å². The molecule has 3 saturated heterocycles. The summed E-state index contributed by atoms with van der Waals surface area (Å²) in [4.78, 5) is 32.2. The van der Waals surface area contributed by atoms with E-state index in [0.717, 1.165) is 68.4 Å². The van der Waals surface area contributed by atoms with Gasteiger partial charge < -0.3 is 19.5 Å². The van der Waals surface area contributed by atoms with Gasteiger partial charge in [-0.05, 0) is 85.2 Å². The van der Waals surface area contributed by atoms with Crippen molar-refractivity contribution in [3.8, 4) is 5.75 Å². The molecule has 1 aliphatic carbocycles. The predicted octanol–water partition coefficient (Wildman–Crippen LogP) is 5.46. The summed E-state index contributed by atoms with van der Waals surface area (Å²) in [5, 5.41) is 20.9. The second kappa shape index (κ2) is 14.7. The monoisotopic (exact) mass is 626 g/mol. The van der Waals surface area contributed by atoms with Crippen LogP contribution in [0, 0.1) is 17.8 Å². The van der Waals surface area contributed by atoms with Crippen LogP contribution in [0.4, 0.5) is 0 Å². The summed E-state index contributed by atoms with van der Waals surface area (Å²) in [5.74, 6) is -1.02. The summed E-state index contributed by atoms with van der Waals surface area (Å²) in [7, 11) is 0.667. The molecule has 0 radical (unpaired) electrons. The molecule has 0 aromatic heterocycles. The van der Waals surface area contributed by atoms with Gasteiger partial charge in [0.25, 0.3) is 0 Å². The van der Waals surface area contributed by atoms with Crippen molar-refractivity contribution in [2.24, 2.45) is 17.8 Å². The van der Waals surface area contributed by atoms with Crippen molar-refractivity contribution in [3.63, 3.8) is 0 Å².